The highest BCUT2D eigenvalue weighted by molar-refractivity contribution is 6.33. The Morgan fingerprint density at radius 3 is 2.61 bits per heavy atom. The Bertz CT molecular complexity index is 1440. The zero-order chi connectivity index (χ0) is 26.6. The molecule has 1 saturated heterocycles. The van der Waals surface area contributed by atoms with Crippen molar-refractivity contribution in [1.82, 2.24) is 14.7 Å². The number of amides is 1. The predicted octanol–water partition coefficient (Wildman–Crippen LogP) is 6.73. The number of carbonyl (C=O) groups excluding carboxylic acids is 1. The van der Waals surface area contributed by atoms with Crippen LogP contribution in [0.1, 0.15) is 34.5 Å². The van der Waals surface area contributed by atoms with Gasteiger partial charge in [0.25, 0.3) is 5.91 Å². The van der Waals surface area contributed by atoms with Crippen LogP contribution in [0.25, 0.3) is 5.69 Å². The summed E-state index contributed by atoms with van der Waals surface area (Å²) in [5, 5.41) is 5.00. The second-order valence-electron chi connectivity index (χ2n) is 9.09. The monoisotopic (exact) mass is 537 g/mol. The molecule has 0 spiro atoms. The number of nitrogens with zero attached hydrogens (tertiary/aromatic N) is 3. The van der Waals surface area contributed by atoms with Gasteiger partial charge in [0.2, 0.25) is 5.88 Å². The van der Waals surface area contributed by atoms with Crippen LogP contribution in [0.2, 0.25) is 5.02 Å². The summed E-state index contributed by atoms with van der Waals surface area (Å²) in [4.78, 5) is 15.4. The van der Waals surface area contributed by atoms with Gasteiger partial charge in [0.15, 0.2) is 11.6 Å². The van der Waals surface area contributed by atoms with Crippen LogP contribution in [-0.2, 0) is 11.3 Å². The summed E-state index contributed by atoms with van der Waals surface area (Å²) in [6.45, 7) is 2.89. The smallest absolute Gasteiger partial charge is 0.255 e. The average molecular weight is 538 g/mol. The maximum absolute atomic E-state index is 14.6. The minimum Gasteiger partial charge on any atom is -0.435 e. The summed E-state index contributed by atoms with van der Waals surface area (Å²) < 4.78 is 41.7. The largest absolute Gasteiger partial charge is 0.435 e. The van der Waals surface area contributed by atoms with E-state index < -0.39 is 11.6 Å². The molecule has 0 aliphatic carbocycles. The molecule has 4 aromatic rings. The molecule has 1 fully saturated rings. The van der Waals surface area contributed by atoms with E-state index in [-0.39, 0.29) is 30.2 Å². The second kappa shape index (κ2) is 11.3. The second-order valence-corrected chi connectivity index (χ2v) is 9.50. The van der Waals surface area contributed by atoms with Gasteiger partial charge in [-0.25, -0.2) is 13.5 Å². The summed E-state index contributed by atoms with van der Waals surface area (Å²) in [6.07, 6.45) is 1.63. The third kappa shape index (κ3) is 5.56. The van der Waals surface area contributed by atoms with E-state index in [2.05, 4.69) is 5.10 Å². The van der Waals surface area contributed by atoms with Gasteiger partial charge in [-0.05, 0) is 56.2 Å². The summed E-state index contributed by atoms with van der Waals surface area (Å²) in [5.41, 5.74) is 2.22. The highest BCUT2D eigenvalue weighted by Crippen LogP contribution is 2.34. The van der Waals surface area contributed by atoms with Crippen molar-refractivity contribution >= 4 is 17.5 Å². The fraction of sp³-hybridized carbons (Fsp3) is 0.241. The molecule has 5 rings (SSSR count). The number of para-hydroxylation sites is 1. The third-order valence-electron chi connectivity index (χ3n) is 6.43. The normalized spacial score (nSPS) is 15.0. The minimum atomic E-state index is -0.849. The van der Waals surface area contributed by atoms with Crippen LogP contribution >= 0.6 is 11.6 Å². The van der Waals surface area contributed by atoms with Crippen molar-refractivity contribution in [3.63, 3.8) is 0 Å². The number of hydrogen-bond donors (Lipinski definition) is 0. The molecular formula is C29H26ClF2N3O3. The van der Waals surface area contributed by atoms with E-state index in [0.717, 1.165) is 25.0 Å². The van der Waals surface area contributed by atoms with Crippen molar-refractivity contribution in [3.8, 4) is 17.3 Å². The average Bonchev–Trinajstić information content (AvgIpc) is 3.54. The molecule has 38 heavy (non-hydrogen) atoms. The molecule has 0 radical (unpaired) electrons. The van der Waals surface area contributed by atoms with Crippen LogP contribution in [0.5, 0.6) is 11.6 Å². The molecule has 0 unspecified atom stereocenters. The molecule has 0 N–H and O–H groups in total. The van der Waals surface area contributed by atoms with Gasteiger partial charge in [0, 0.05) is 19.2 Å². The Hall–Kier alpha value is -3.75. The van der Waals surface area contributed by atoms with Crippen molar-refractivity contribution in [1.29, 1.82) is 0 Å². The topological polar surface area (TPSA) is 56.6 Å². The minimum absolute atomic E-state index is 0.112. The van der Waals surface area contributed by atoms with E-state index in [4.69, 9.17) is 21.1 Å². The standard InChI is InChI=1S/C29H26ClF2N3O3/c1-19-24(18-34(17-22-10-7-15-37-22)28(36)23-11-5-6-12-25(23)30)29(35(33-19)21-8-3-2-4-9-21)38-27-14-13-20(31)16-26(27)32/h2-6,8-9,11-14,16,22H,7,10,15,17-18H2,1H3/t22-/m0/s1. The summed E-state index contributed by atoms with van der Waals surface area (Å²) in [6, 6.07) is 19.2. The molecule has 1 atom stereocenters. The van der Waals surface area contributed by atoms with Crippen molar-refractivity contribution in [3.05, 3.63) is 106 Å². The zero-order valence-electron chi connectivity index (χ0n) is 20.7. The lowest BCUT2D eigenvalue weighted by Gasteiger charge is -2.26. The molecule has 9 heteroatoms. The van der Waals surface area contributed by atoms with Gasteiger partial charge in [-0.2, -0.15) is 5.10 Å². The van der Waals surface area contributed by atoms with Crippen LogP contribution in [0.4, 0.5) is 8.78 Å². The van der Waals surface area contributed by atoms with E-state index >= 15 is 0 Å². The maximum atomic E-state index is 14.6. The molecule has 0 bridgehead atoms. The van der Waals surface area contributed by atoms with Crippen molar-refractivity contribution in [2.24, 2.45) is 0 Å². The third-order valence-corrected chi connectivity index (χ3v) is 6.76. The number of ether oxygens (including phenoxy) is 2. The SMILES string of the molecule is Cc1nn(-c2ccccc2)c(Oc2ccc(F)cc2F)c1CN(C[C@@H]1CCCO1)C(=O)c1ccccc1Cl. The molecule has 1 aliphatic rings. The molecular weight excluding hydrogens is 512 g/mol. The number of hydrogen-bond acceptors (Lipinski definition) is 4. The Kier molecular flexibility index (Phi) is 7.72. The number of aryl methyl sites for hydroxylation is 1. The number of halogens is 3. The summed E-state index contributed by atoms with van der Waals surface area (Å²) >= 11 is 6.37. The van der Waals surface area contributed by atoms with E-state index in [1.54, 1.807) is 40.8 Å². The summed E-state index contributed by atoms with van der Waals surface area (Å²) in [7, 11) is 0. The first-order chi connectivity index (χ1) is 18.4. The lowest BCUT2D eigenvalue weighted by Crippen LogP contribution is -2.37. The Balaban J connectivity index is 1.57. The molecule has 2 heterocycles. The van der Waals surface area contributed by atoms with Gasteiger partial charge in [0.1, 0.15) is 5.82 Å². The molecule has 1 amide bonds. The van der Waals surface area contributed by atoms with Crippen LogP contribution in [0.15, 0.2) is 72.8 Å². The molecule has 196 valence electrons. The van der Waals surface area contributed by atoms with Crippen LogP contribution < -0.4 is 4.74 Å². The van der Waals surface area contributed by atoms with Gasteiger partial charge in [-0.15, -0.1) is 0 Å². The predicted molar refractivity (Wildman–Crippen MR) is 140 cm³/mol. The Labute approximate surface area is 224 Å². The fourth-order valence-corrected chi connectivity index (χ4v) is 4.70. The van der Waals surface area contributed by atoms with Crippen molar-refractivity contribution in [2.45, 2.75) is 32.4 Å². The number of rotatable bonds is 8. The van der Waals surface area contributed by atoms with Gasteiger partial charge < -0.3 is 14.4 Å². The highest BCUT2D eigenvalue weighted by Gasteiger charge is 2.29. The quantitative estimate of drug-likeness (QED) is 0.250. The molecule has 1 aliphatic heterocycles. The lowest BCUT2D eigenvalue weighted by molar-refractivity contribution is 0.0505. The number of benzene rings is 3. The molecule has 6 nitrogen and oxygen atoms in total. The van der Waals surface area contributed by atoms with E-state index in [1.807, 2.05) is 30.3 Å². The molecule has 1 aromatic heterocycles. The van der Waals surface area contributed by atoms with Crippen molar-refractivity contribution in [2.75, 3.05) is 13.2 Å². The van der Waals surface area contributed by atoms with Crippen LogP contribution in [0, 0.1) is 18.6 Å². The first-order valence-electron chi connectivity index (χ1n) is 12.3. The van der Waals surface area contributed by atoms with E-state index in [0.29, 0.717) is 40.7 Å². The number of aromatic nitrogens is 2. The van der Waals surface area contributed by atoms with Gasteiger partial charge >= 0.3 is 0 Å². The molecule has 3 aromatic carbocycles. The van der Waals surface area contributed by atoms with E-state index in [9.17, 15) is 13.6 Å². The van der Waals surface area contributed by atoms with Crippen LogP contribution in [0.3, 0.4) is 0 Å². The first kappa shape index (κ1) is 25.9. The maximum Gasteiger partial charge on any atom is 0.255 e. The first-order valence-corrected chi connectivity index (χ1v) is 12.7. The van der Waals surface area contributed by atoms with Crippen LogP contribution in [-0.4, -0.2) is 39.8 Å². The highest BCUT2D eigenvalue weighted by atomic mass is 35.5. The van der Waals surface area contributed by atoms with Gasteiger partial charge in [-0.1, -0.05) is 41.9 Å². The zero-order valence-corrected chi connectivity index (χ0v) is 21.5. The molecule has 0 saturated carbocycles. The Morgan fingerprint density at radius 2 is 1.89 bits per heavy atom. The summed E-state index contributed by atoms with van der Waals surface area (Å²) in [5.74, 6) is -1.76. The fourth-order valence-electron chi connectivity index (χ4n) is 4.48. The van der Waals surface area contributed by atoms with Crippen molar-refractivity contribution < 1.29 is 23.0 Å². The van der Waals surface area contributed by atoms with Gasteiger partial charge in [0.05, 0.1) is 40.2 Å². The van der Waals surface area contributed by atoms with E-state index in [1.165, 1.54) is 6.07 Å². The Morgan fingerprint density at radius 1 is 1.13 bits per heavy atom. The number of carbonyl (C=O) groups is 1. The lowest BCUT2D eigenvalue weighted by atomic mass is 10.1. The van der Waals surface area contributed by atoms with Gasteiger partial charge in [-0.3, -0.25) is 4.79 Å².